The van der Waals surface area contributed by atoms with E-state index < -0.39 is 42.2 Å². The Morgan fingerprint density at radius 2 is 1.54 bits per heavy atom. The van der Waals surface area contributed by atoms with Crippen molar-refractivity contribution >= 4 is 23.6 Å². The van der Waals surface area contributed by atoms with E-state index >= 15 is 0 Å². The number of phenolic OH excluding ortho intramolecular Hbond substituents is 1. The second-order valence-corrected chi connectivity index (χ2v) is 10.9. The van der Waals surface area contributed by atoms with Crippen molar-refractivity contribution < 1.29 is 29.3 Å². The molecule has 41 heavy (non-hydrogen) atoms. The van der Waals surface area contributed by atoms with Crippen molar-refractivity contribution in [3.63, 3.8) is 0 Å². The fourth-order valence-corrected chi connectivity index (χ4v) is 4.44. The molecule has 3 amide bonds. The van der Waals surface area contributed by atoms with Crippen molar-refractivity contribution in [1.29, 1.82) is 0 Å². The second-order valence-electron chi connectivity index (χ2n) is 10.9. The molecule has 218 valence electrons. The summed E-state index contributed by atoms with van der Waals surface area (Å²) in [6, 6.07) is 18.8. The van der Waals surface area contributed by atoms with Crippen molar-refractivity contribution in [2.24, 2.45) is 0 Å². The number of aliphatic hydroxyl groups excluding tert-OH is 1. The molecule has 0 saturated carbocycles. The average Bonchev–Trinajstić information content (AvgIpc) is 2.91. The van der Waals surface area contributed by atoms with Crippen molar-refractivity contribution in [2.75, 3.05) is 18.5 Å². The lowest BCUT2D eigenvalue weighted by Gasteiger charge is -2.34. The third-order valence-corrected chi connectivity index (χ3v) is 6.42. The van der Waals surface area contributed by atoms with Gasteiger partial charge in [0.05, 0.1) is 6.61 Å². The zero-order valence-corrected chi connectivity index (χ0v) is 24.2. The SMILES string of the molecule is Cc1ccccc1NC(=O)C(c1cccc(C)c1O)N(CCO)C(=O)C(Cc1ccccc1)NC(=O)OC(C)(C)C. The largest absolute Gasteiger partial charge is 0.507 e. The molecule has 0 radical (unpaired) electrons. The Kier molecular flexibility index (Phi) is 10.5. The normalized spacial score (nSPS) is 12.6. The molecule has 2 atom stereocenters. The van der Waals surface area contributed by atoms with Crippen LogP contribution in [0.3, 0.4) is 0 Å². The molecule has 0 heterocycles. The highest BCUT2D eigenvalue weighted by atomic mass is 16.6. The Hall–Kier alpha value is -4.37. The molecule has 2 unspecified atom stereocenters. The number of nitrogens with zero attached hydrogens (tertiary/aromatic N) is 1. The van der Waals surface area contributed by atoms with Crippen LogP contribution in [0, 0.1) is 13.8 Å². The van der Waals surface area contributed by atoms with Crippen LogP contribution in [-0.4, -0.2) is 57.8 Å². The van der Waals surface area contributed by atoms with E-state index in [4.69, 9.17) is 4.74 Å². The molecule has 4 N–H and O–H groups in total. The number of aryl methyl sites for hydroxylation is 2. The molecule has 0 aliphatic heterocycles. The maximum atomic E-state index is 14.3. The van der Waals surface area contributed by atoms with Gasteiger partial charge in [-0.25, -0.2) is 4.79 Å². The van der Waals surface area contributed by atoms with Crippen molar-refractivity contribution in [1.82, 2.24) is 10.2 Å². The van der Waals surface area contributed by atoms with Gasteiger partial charge in [-0.2, -0.15) is 0 Å². The lowest BCUT2D eigenvalue weighted by Crippen LogP contribution is -2.54. The Morgan fingerprint density at radius 3 is 2.17 bits per heavy atom. The Morgan fingerprint density at radius 1 is 0.902 bits per heavy atom. The predicted octanol–water partition coefficient (Wildman–Crippen LogP) is 4.65. The van der Waals surface area contributed by atoms with Gasteiger partial charge in [0.1, 0.15) is 23.4 Å². The van der Waals surface area contributed by atoms with Crippen LogP contribution in [0.2, 0.25) is 0 Å². The van der Waals surface area contributed by atoms with Gasteiger partial charge in [0.25, 0.3) is 5.91 Å². The first-order chi connectivity index (χ1) is 19.4. The summed E-state index contributed by atoms with van der Waals surface area (Å²) in [5, 5.41) is 26.6. The van der Waals surface area contributed by atoms with Crippen LogP contribution < -0.4 is 10.6 Å². The minimum Gasteiger partial charge on any atom is -0.507 e. The quantitative estimate of drug-likeness (QED) is 0.285. The monoisotopic (exact) mass is 561 g/mol. The minimum atomic E-state index is -1.33. The molecule has 0 bridgehead atoms. The van der Waals surface area contributed by atoms with Gasteiger partial charge >= 0.3 is 6.09 Å². The standard InChI is InChI=1S/C32H39N3O6/c1-21-12-9-10-17-25(21)33-29(38)27(24-16-11-13-22(2)28(24)37)35(18-19-36)30(39)26(20-23-14-7-6-8-15-23)34-31(40)41-32(3,4)5/h6-17,26-27,36-37H,18-20H2,1-5H3,(H,33,38)(H,34,40). The van der Waals surface area contributed by atoms with Crippen molar-refractivity contribution in [3.05, 3.63) is 95.1 Å². The van der Waals surface area contributed by atoms with Crippen LogP contribution in [0.15, 0.2) is 72.8 Å². The highest BCUT2D eigenvalue weighted by Crippen LogP contribution is 2.33. The van der Waals surface area contributed by atoms with E-state index in [-0.39, 0.29) is 24.3 Å². The fourth-order valence-electron chi connectivity index (χ4n) is 4.44. The lowest BCUT2D eigenvalue weighted by molar-refractivity contribution is -0.141. The third-order valence-electron chi connectivity index (χ3n) is 6.42. The number of carbonyl (C=O) groups is 3. The number of aliphatic hydroxyl groups is 1. The number of rotatable bonds is 10. The van der Waals surface area contributed by atoms with Gasteiger partial charge in [-0.05, 0) is 57.4 Å². The summed E-state index contributed by atoms with van der Waals surface area (Å²) < 4.78 is 5.43. The van der Waals surface area contributed by atoms with E-state index in [9.17, 15) is 24.6 Å². The van der Waals surface area contributed by atoms with Gasteiger partial charge < -0.3 is 30.5 Å². The van der Waals surface area contributed by atoms with Gasteiger partial charge in [0.15, 0.2) is 0 Å². The van der Waals surface area contributed by atoms with E-state index in [1.165, 1.54) is 4.90 Å². The number of anilines is 1. The first-order valence-corrected chi connectivity index (χ1v) is 13.5. The van der Waals surface area contributed by atoms with Crippen LogP contribution in [0.5, 0.6) is 5.75 Å². The molecule has 0 saturated heterocycles. The second kappa shape index (κ2) is 13.8. The number of aromatic hydroxyl groups is 1. The molecule has 3 rings (SSSR count). The van der Waals surface area contributed by atoms with Crippen molar-refractivity contribution in [3.8, 4) is 5.75 Å². The lowest BCUT2D eigenvalue weighted by atomic mass is 9.98. The van der Waals surface area contributed by atoms with E-state index in [2.05, 4.69) is 10.6 Å². The topological polar surface area (TPSA) is 128 Å². The number of carbonyl (C=O) groups excluding carboxylic acids is 3. The summed E-state index contributed by atoms with van der Waals surface area (Å²) in [5.41, 5.74) is 2.01. The highest BCUT2D eigenvalue weighted by molar-refractivity contribution is 5.99. The van der Waals surface area contributed by atoms with Gasteiger partial charge in [0.2, 0.25) is 5.91 Å². The zero-order valence-electron chi connectivity index (χ0n) is 24.2. The number of hydrogen-bond acceptors (Lipinski definition) is 6. The van der Waals surface area contributed by atoms with Gasteiger partial charge in [0, 0.05) is 24.2 Å². The molecule has 0 fully saturated rings. The molecule has 9 nitrogen and oxygen atoms in total. The average molecular weight is 562 g/mol. The number of ether oxygens (including phenoxy) is 1. The minimum absolute atomic E-state index is 0.104. The maximum absolute atomic E-state index is 14.3. The van der Waals surface area contributed by atoms with Crippen LogP contribution in [0.25, 0.3) is 0 Å². The number of alkyl carbamates (subject to hydrolysis) is 1. The number of nitrogens with one attached hydrogen (secondary N) is 2. The van der Waals surface area contributed by atoms with E-state index in [1.54, 1.807) is 58.0 Å². The predicted molar refractivity (Wildman–Crippen MR) is 157 cm³/mol. The molecule has 3 aromatic rings. The third kappa shape index (κ3) is 8.56. The maximum Gasteiger partial charge on any atom is 0.408 e. The zero-order chi connectivity index (χ0) is 30.2. The molecule has 9 heteroatoms. The first-order valence-electron chi connectivity index (χ1n) is 13.5. The summed E-state index contributed by atoms with van der Waals surface area (Å²) in [6.45, 7) is 7.97. The molecular formula is C32H39N3O6. The van der Waals surface area contributed by atoms with Crippen LogP contribution in [0.1, 0.15) is 49.1 Å². The Balaban J connectivity index is 2.08. The smallest absolute Gasteiger partial charge is 0.408 e. The number of amides is 3. The summed E-state index contributed by atoms with van der Waals surface area (Å²) in [6.07, 6.45) is -0.692. The molecule has 0 aliphatic rings. The summed E-state index contributed by atoms with van der Waals surface area (Å²) in [7, 11) is 0. The van der Waals surface area contributed by atoms with Crippen LogP contribution >= 0.6 is 0 Å². The van der Waals surface area contributed by atoms with E-state index in [0.717, 1.165) is 11.1 Å². The highest BCUT2D eigenvalue weighted by Gasteiger charge is 2.37. The summed E-state index contributed by atoms with van der Waals surface area (Å²) in [4.78, 5) is 42.2. The summed E-state index contributed by atoms with van der Waals surface area (Å²) in [5.74, 6) is -1.36. The summed E-state index contributed by atoms with van der Waals surface area (Å²) >= 11 is 0. The van der Waals surface area contributed by atoms with Gasteiger partial charge in [-0.1, -0.05) is 66.7 Å². The van der Waals surface area contributed by atoms with Crippen LogP contribution in [0.4, 0.5) is 10.5 Å². The Labute approximate surface area is 241 Å². The molecular weight excluding hydrogens is 522 g/mol. The van der Waals surface area contributed by atoms with Crippen LogP contribution in [-0.2, 0) is 20.7 Å². The van der Waals surface area contributed by atoms with E-state index in [0.29, 0.717) is 11.3 Å². The number of para-hydroxylation sites is 2. The van der Waals surface area contributed by atoms with E-state index in [1.807, 2.05) is 49.4 Å². The number of hydrogen-bond donors (Lipinski definition) is 4. The first kappa shape index (κ1) is 31.2. The molecule has 0 aliphatic carbocycles. The fraction of sp³-hybridized carbons (Fsp3) is 0.344. The number of benzene rings is 3. The molecule has 0 spiro atoms. The number of phenols is 1. The Bertz CT molecular complexity index is 1350. The van der Waals surface area contributed by atoms with Gasteiger partial charge in [-0.3, -0.25) is 9.59 Å². The molecule has 0 aromatic heterocycles. The molecule has 3 aromatic carbocycles. The van der Waals surface area contributed by atoms with Gasteiger partial charge in [-0.15, -0.1) is 0 Å². The van der Waals surface area contributed by atoms with Crippen molar-refractivity contribution in [2.45, 2.75) is 58.7 Å².